The number of nitrogens with zero attached hydrogens (tertiary/aromatic N) is 4. The van der Waals surface area contributed by atoms with Crippen LogP contribution in [-0.4, -0.2) is 30.8 Å². The molecule has 1 unspecified atom stereocenters. The number of allylic oxidation sites excluding steroid dienone is 1. The average molecular weight is 319 g/mol. The van der Waals surface area contributed by atoms with Gasteiger partial charge in [-0.3, -0.25) is 4.98 Å². The SMILES string of the molecule is O=C(O)C1=CC(c2ccncc2)n2nc(-c3ccccc3)nc2N1. The highest BCUT2D eigenvalue weighted by Crippen LogP contribution is 2.30. The van der Waals surface area contributed by atoms with Crippen LogP contribution < -0.4 is 5.32 Å². The molecule has 4 rings (SSSR count). The van der Waals surface area contributed by atoms with Crippen molar-refractivity contribution >= 4 is 11.9 Å². The quantitative estimate of drug-likeness (QED) is 0.769. The molecule has 2 N–H and O–H groups in total. The molecule has 1 aliphatic heterocycles. The van der Waals surface area contributed by atoms with E-state index in [1.54, 1.807) is 23.2 Å². The molecule has 0 radical (unpaired) electrons. The van der Waals surface area contributed by atoms with Crippen molar-refractivity contribution in [1.82, 2.24) is 19.7 Å². The highest BCUT2D eigenvalue weighted by Gasteiger charge is 2.27. The molecule has 118 valence electrons. The normalized spacial score (nSPS) is 16.0. The minimum atomic E-state index is -1.04. The molecular formula is C17H13N5O2. The second kappa shape index (κ2) is 5.62. The van der Waals surface area contributed by atoms with E-state index >= 15 is 0 Å². The molecule has 24 heavy (non-hydrogen) atoms. The van der Waals surface area contributed by atoms with Crippen LogP contribution in [0.25, 0.3) is 11.4 Å². The van der Waals surface area contributed by atoms with Crippen molar-refractivity contribution in [2.24, 2.45) is 0 Å². The van der Waals surface area contributed by atoms with Gasteiger partial charge in [-0.25, -0.2) is 9.48 Å². The van der Waals surface area contributed by atoms with Crippen LogP contribution in [-0.2, 0) is 4.79 Å². The molecule has 0 saturated carbocycles. The average Bonchev–Trinajstić information content (AvgIpc) is 3.06. The van der Waals surface area contributed by atoms with Gasteiger partial charge >= 0.3 is 5.97 Å². The van der Waals surface area contributed by atoms with Crippen molar-refractivity contribution < 1.29 is 9.90 Å². The van der Waals surface area contributed by atoms with E-state index in [1.165, 1.54) is 0 Å². The van der Waals surface area contributed by atoms with Crippen LogP contribution in [0.4, 0.5) is 5.95 Å². The Hall–Kier alpha value is -3.48. The number of carboxylic acids is 1. The summed E-state index contributed by atoms with van der Waals surface area (Å²) < 4.78 is 1.68. The molecule has 3 heterocycles. The van der Waals surface area contributed by atoms with Crippen LogP contribution in [0.3, 0.4) is 0 Å². The van der Waals surface area contributed by atoms with E-state index in [-0.39, 0.29) is 11.7 Å². The number of hydrogen-bond donors (Lipinski definition) is 2. The predicted octanol–water partition coefficient (Wildman–Crippen LogP) is 2.32. The topological polar surface area (TPSA) is 92.9 Å². The minimum absolute atomic E-state index is 0.0799. The number of benzene rings is 1. The van der Waals surface area contributed by atoms with E-state index in [4.69, 9.17) is 0 Å². The number of aromatic nitrogens is 4. The highest BCUT2D eigenvalue weighted by molar-refractivity contribution is 5.90. The van der Waals surface area contributed by atoms with Gasteiger partial charge in [0, 0.05) is 18.0 Å². The van der Waals surface area contributed by atoms with E-state index in [0.29, 0.717) is 11.8 Å². The Morgan fingerprint density at radius 2 is 1.88 bits per heavy atom. The van der Waals surface area contributed by atoms with Crippen LogP contribution in [0.1, 0.15) is 11.6 Å². The number of rotatable bonds is 3. The number of anilines is 1. The van der Waals surface area contributed by atoms with Gasteiger partial charge in [0.2, 0.25) is 5.95 Å². The Morgan fingerprint density at radius 1 is 1.12 bits per heavy atom. The second-order valence-electron chi connectivity index (χ2n) is 5.31. The summed E-state index contributed by atoms with van der Waals surface area (Å²) in [5.74, 6) is -0.0997. The summed E-state index contributed by atoms with van der Waals surface area (Å²) in [4.78, 5) is 19.9. The van der Waals surface area contributed by atoms with Crippen molar-refractivity contribution in [2.45, 2.75) is 6.04 Å². The number of aliphatic carboxylic acids is 1. The van der Waals surface area contributed by atoms with Crippen molar-refractivity contribution in [2.75, 3.05) is 5.32 Å². The number of carbonyl (C=O) groups is 1. The third kappa shape index (κ3) is 2.41. The smallest absolute Gasteiger partial charge is 0.352 e. The molecule has 0 fully saturated rings. The Kier molecular flexibility index (Phi) is 3.31. The molecule has 0 saturated heterocycles. The number of pyridine rings is 1. The van der Waals surface area contributed by atoms with Crippen LogP contribution in [0, 0.1) is 0 Å². The van der Waals surface area contributed by atoms with E-state index < -0.39 is 5.97 Å². The summed E-state index contributed by atoms with van der Waals surface area (Å²) >= 11 is 0. The molecular weight excluding hydrogens is 306 g/mol. The molecule has 3 aromatic rings. The van der Waals surface area contributed by atoms with Gasteiger partial charge < -0.3 is 10.4 Å². The summed E-state index contributed by atoms with van der Waals surface area (Å²) in [5.41, 5.74) is 1.83. The highest BCUT2D eigenvalue weighted by atomic mass is 16.4. The standard InChI is InChI=1S/C17H13N5O2/c23-16(24)13-10-14(11-6-8-18-9-7-11)22-17(19-13)20-15(21-22)12-4-2-1-3-5-12/h1-10,14H,(H,23,24)(H,19,20,21). The summed E-state index contributed by atoms with van der Waals surface area (Å²) in [5, 5.41) is 16.7. The fraction of sp³-hybridized carbons (Fsp3) is 0.0588. The zero-order chi connectivity index (χ0) is 16.5. The third-order valence-corrected chi connectivity index (χ3v) is 3.78. The number of hydrogen-bond acceptors (Lipinski definition) is 5. The summed E-state index contributed by atoms with van der Waals surface area (Å²) in [7, 11) is 0. The summed E-state index contributed by atoms with van der Waals surface area (Å²) in [6, 6.07) is 12.9. The fourth-order valence-electron chi connectivity index (χ4n) is 2.63. The van der Waals surface area contributed by atoms with Crippen molar-refractivity contribution in [3.63, 3.8) is 0 Å². The Labute approximate surface area is 137 Å². The first-order valence-electron chi connectivity index (χ1n) is 7.36. The lowest BCUT2D eigenvalue weighted by Gasteiger charge is -2.22. The lowest BCUT2D eigenvalue weighted by molar-refractivity contribution is -0.132. The molecule has 7 heteroatoms. The first-order chi connectivity index (χ1) is 11.7. The number of carboxylic acid groups (broad SMARTS) is 1. The van der Waals surface area contributed by atoms with Crippen molar-refractivity contribution in [3.05, 3.63) is 72.2 Å². The molecule has 1 aliphatic rings. The third-order valence-electron chi connectivity index (χ3n) is 3.78. The van der Waals surface area contributed by atoms with E-state index in [1.807, 2.05) is 42.5 Å². The first-order valence-corrected chi connectivity index (χ1v) is 7.36. The minimum Gasteiger partial charge on any atom is -0.477 e. The Balaban J connectivity index is 1.83. The van der Waals surface area contributed by atoms with Gasteiger partial charge in [0.05, 0.1) is 0 Å². The van der Waals surface area contributed by atoms with Crippen LogP contribution in [0.2, 0.25) is 0 Å². The summed E-state index contributed by atoms with van der Waals surface area (Å²) in [6.07, 6.45) is 4.95. The number of nitrogens with one attached hydrogen (secondary N) is 1. The lowest BCUT2D eigenvalue weighted by atomic mass is 10.1. The Bertz CT molecular complexity index is 919. The monoisotopic (exact) mass is 319 g/mol. The maximum Gasteiger partial charge on any atom is 0.352 e. The van der Waals surface area contributed by atoms with Crippen LogP contribution in [0.15, 0.2) is 66.6 Å². The van der Waals surface area contributed by atoms with Gasteiger partial charge in [0.25, 0.3) is 0 Å². The molecule has 2 aromatic heterocycles. The van der Waals surface area contributed by atoms with Gasteiger partial charge in [-0.05, 0) is 23.8 Å². The summed E-state index contributed by atoms with van der Waals surface area (Å²) in [6.45, 7) is 0. The van der Waals surface area contributed by atoms with Gasteiger partial charge in [0.1, 0.15) is 11.7 Å². The molecule has 0 bridgehead atoms. The van der Waals surface area contributed by atoms with Crippen LogP contribution >= 0.6 is 0 Å². The van der Waals surface area contributed by atoms with Crippen molar-refractivity contribution in [1.29, 1.82) is 0 Å². The largest absolute Gasteiger partial charge is 0.477 e. The number of fused-ring (bicyclic) bond motifs is 1. The molecule has 0 aliphatic carbocycles. The zero-order valence-electron chi connectivity index (χ0n) is 12.5. The first kappa shape index (κ1) is 14.1. The maximum absolute atomic E-state index is 11.4. The van der Waals surface area contributed by atoms with Gasteiger partial charge in [0.15, 0.2) is 5.82 Å². The van der Waals surface area contributed by atoms with Crippen LogP contribution in [0.5, 0.6) is 0 Å². The second-order valence-corrected chi connectivity index (χ2v) is 5.31. The molecule has 1 aromatic carbocycles. The molecule has 7 nitrogen and oxygen atoms in total. The van der Waals surface area contributed by atoms with E-state index in [2.05, 4.69) is 20.4 Å². The predicted molar refractivity (Wildman–Crippen MR) is 87.2 cm³/mol. The van der Waals surface area contributed by atoms with Gasteiger partial charge in [-0.1, -0.05) is 30.3 Å². The lowest BCUT2D eigenvalue weighted by Crippen LogP contribution is -2.24. The van der Waals surface area contributed by atoms with Crippen molar-refractivity contribution in [3.8, 4) is 11.4 Å². The van der Waals surface area contributed by atoms with E-state index in [0.717, 1.165) is 11.1 Å². The molecule has 0 spiro atoms. The molecule has 0 amide bonds. The maximum atomic E-state index is 11.4. The zero-order valence-corrected chi connectivity index (χ0v) is 12.5. The van der Waals surface area contributed by atoms with E-state index in [9.17, 15) is 9.90 Å². The van der Waals surface area contributed by atoms with Gasteiger partial charge in [-0.15, -0.1) is 5.10 Å². The molecule has 1 atom stereocenters. The Morgan fingerprint density at radius 3 is 2.58 bits per heavy atom. The van der Waals surface area contributed by atoms with Gasteiger partial charge in [-0.2, -0.15) is 4.98 Å². The fourth-order valence-corrected chi connectivity index (χ4v) is 2.63.